The summed E-state index contributed by atoms with van der Waals surface area (Å²) in [6.45, 7) is 0. The Kier molecular flexibility index (Phi) is 3.88. The third-order valence-electron chi connectivity index (χ3n) is 3.23. The fourth-order valence-electron chi connectivity index (χ4n) is 2.19. The molecule has 1 fully saturated rings. The Hall–Kier alpha value is -1.24. The van der Waals surface area contributed by atoms with E-state index in [1.165, 1.54) is 0 Å². The van der Waals surface area contributed by atoms with Gasteiger partial charge in [-0.2, -0.15) is 5.26 Å². The second kappa shape index (κ2) is 5.39. The number of halogens is 1. The molecule has 1 saturated carbocycles. The monoisotopic (exact) mass is 249 g/mol. The van der Waals surface area contributed by atoms with Crippen LogP contribution in [0.1, 0.15) is 31.2 Å². The van der Waals surface area contributed by atoms with Crippen LogP contribution in [0, 0.1) is 11.3 Å². The van der Waals surface area contributed by atoms with Gasteiger partial charge in [0.25, 0.3) is 0 Å². The van der Waals surface area contributed by atoms with E-state index in [9.17, 15) is 0 Å². The fourth-order valence-corrected chi connectivity index (χ4v) is 2.42. The minimum atomic E-state index is 0.359. The second-order valence-corrected chi connectivity index (χ2v) is 4.97. The highest BCUT2D eigenvalue weighted by Crippen LogP contribution is 2.24. The van der Waals surface area contributed by atoms with Crippen LogP contribution in [0.25, 0.3) is 0 Å². The Labute approximate surface area is 107 Å². The molecule has 1 aliphatic rings. The summed E-state index contributed by atoms with van der Waals surface area (Å²) < 4.78 is 0. The molecule has 4 heteroatoms. The molecule has 0 unspecified atom stereocenters. The van der Waals surface area contributed by atoms with Gasteiger partial charge < -0.3 is 11.1 Å². The SMILES string of the molecule is N#Cc1ccc(NC2CCC(N)CC2)cc1Cl. The number of hydrogen-bond donors (Lipinski definition) is 2. The summed E-state index contributed by atoms with van der Waals surface area (Å²) in [5.41, 5.74) is 7.36. The van der Waals surface area contributed by atoms with E-state index in [0.717, 1.165) is 31.4 Å². The lowest BCUT2D eigenvalue weighted by atomic mass is 9.91. The van der Waals surface area contributed by atoms with E-state index < -0.39 is 0 Å². The van der Waals surface area contributed by atoms with Crippen LogP contribution in [0.4, 0.5) is 5.69 Å². The molecule has 0 spiro atoms. The number of nitrogens with one attached hydrogen (secondary N) is 1. The lowest BCUT2D eigenvalue weighted by Crippen LogP contribution is -2.32. The van der Waals surface area contributed by atoms with E-state index in [-0.39, 0.29) is 0 Å². The molecular weight excluding hydrogens is 234 g/mol. The highest BCUT2D eigenvalue weighted by atomic mass is 35.5. The summed E-state index contributed by atoms with van der Waals surface area (Å²) >= 11 is 5.99. The van der Waals surface area contributed by atoms with Gasteiger partial charge in [-0.25, -0.2) is 0 Å². The van der Waals surface area contributed by atoms with Gasteiger partial charge >= 0.3 is 0 Å². The third-order valence-corrected chi connectivity index (χ3v) is 3.54. The first-order valence-corrected chi connectivity index (χ1v) is 6.28. The highest BCUT2D eigenvalue weighted by molar-refractivity contribution is 6.32. The molecule has 0 amide bonds. The topological polar surface area (TPSA) is 61.8 Å². The molecule has 0 radical (unpaired) electrons. The maximum Gasteiger partial charge on any atom is 0.101 e. The maximum absolute atomic E-state index is 8.79. The molecule has 1 aliphatic carbocycles. The van der Waals surface area contributed by atoms with E-state index in [0.29, 0.717) is 22.7 Å². The van der Waals surface area contributed by atoms with Crippen molar-refractivity contribution < 1.29 is 0 Å². The summed E-state index contributed by atoms with van der Waals surface area (Å²) in [6.07, 6.45) is 4.33. The van der Waals surface area contributed by atoms with Crippen LogP contribution < -0.4 is 11.1 Å². The van der Waals surface area contributed by atoms with Crippen molar-refractivity contribution in [3.63, 3.8) is 0 Å². The molecule has 1 aromatic rings. The van der Waals surface area contributed by atoms with Crippen LogP contribution in [-0.4, -0.2) is 12.1 Å². The number of nitrogens with two attached hydrogens (primary N) is 1. The molecule has 3 nitrogen and oxygen atoms in total. The Balaban J connectivity index is 2.00. The predicted octanol–water partition coefficient (Wildman–Crippen LogP) is 2.89. The van der Waals surface area contributed by atoms with Crippen LogP contribution in [-0.2, 0) is 0 Å². The molecule has 0 saturated heterocycles. The molecular formula is C13H16ClN3. The Morgan fingerprint density at radius 1 is 1.29 bits per heavy atom. The summed E-state index contributed by atoms with van der Waals surface area (Å²) in [6, 6.07) is 8.35. The minimum absolute atomic E-state index is 0.359. The van der Waals surface area contributed by atoms with Crippen molar-refractivity contribution in [3.05, 3.63) is 28.8 Å². The average molecular weight is 250 g/mol. The van der Waals surface area contributed by atoms with Gasteiger partial charge in [0.2, 0.25) is 0 Å². The normalized spacial score (nSPS) is 24.1. The summed E-state index contributed by atoms with van der Waals surface area (Å²) in [7, 11) is 0. The molecule has 0 heterocycles. The molecule has 1 aromatic carbocycles. The smallest absolute Gasteiger partial charge is 0.101 e. The quantitative estimate of drug-likeness (QED) is 0.847. The number of nitrogens with zero attached hydrogens (tertiary/aromatic N) is 1. The third kappa shape index (κ3) is 3.12. The van der Waals surface area contributed by atoms with Crippen molar-refractivity contribution in [2.24, 2.45) is 5.73 Å². The molecule has 0 bridgehead atoms. The number of hydrogen-bond acceptors (Lipinski definition) is 3. The number of nitriles is 1. The van der Waals surface area contributed by atoms with Gasteiger partial charge in [-0.15, -0.1) is 0 Å². The molecule has 17 heavy (non-hydrogen) atoms. The van der Waals surface area contributed by atoms with Crippen molar-refractivity contribution in [2.75, 3.05) is 5.32 Å². The Morgan fingerprint density at radius 2 is 2.00 bits per heavy atom. The van der Waals surface area contributed by atoms with Crippen molar-refractivity contribution in [3.8, 4) is 6.07 Å². The number of benzene rings is 1. The van der Waals surface area contributed by atoms with Crippen LogP contribution in [0.5, 0.6) is 0 Å². The van der Waals surface area contributed by atoms with E-state index >= 15 is 0 Å². The zero-order chi connectivity index (χ0) is 12.3. The van der Waals surface area contributed by atoms with Gasteiger partial charge in [-0.3, -0.25) is 0 Å². The second-order valence-electron chi connectivity index (χ2n) is 4.56. The molecule has 0 atom stereocenters. The first-order chi connectivity index (χ1) is 8.19. The van der Waals surface area contributed by atoms with Gasteiger partial charge in [-0.05, 0) is 43.9 Å². The van der Waals surface area contributed by atoms with E-state index in [1.54, 1.807) is 6.07 Å². The van der Waals surface area contributed by atoms with Crippen LogP contribution in [0.2, 0.25) is 5.02 Å². The summed E-state index contributed by atoms with van der Waals surface area (Å²) in [5.74, 6) is 0. The van der Waals surface area contributed by atoms with Crippen LogP contribution >= 0.6 is 11.6 Å². The highest BCUT2D eigenvalue weighted by Gasteiger charge is 2.18. The van der Waals surface area contributed by atoms with Crippen molar-refractivity contribution in [2.45, 2.75) is 37.8 Å². The van der Waals surface area contributed by atoms with Gasteiger partial charge in [-0.1, -0.05) is 11.6 Å². The summed E-state index contributed by atoms with van der Waals surface area (Å²) in [5, 5.41) is 12.7. The van der Waals surface area contributed by atoms with E-state index in [1.807, 2.05) is 12.1 Å². The lowest BCUT2D eigenvalue weighted by molar-refractivity contribution is 0.411. The van der Waals surface area contributed by atoms with Gasteiger partial charge in [0.1, 0.15) is 6.07 Å². The van der Waals surface area contributed by atoms with E-state index in [2.05, 4.69) is 11.4 Å². The van der Waals surface area contributed by atoms with Gasteiger partial charge in [0.15, 0.2) is 0 Å². The lowest BCUT2D eigenvalue weighted by Gasteiger charge is -2.27. The van der Waals surface area contributed by atoms with Crippen LogP contribution in [0.3, 0.4) is 0 Å². The standard InChI is InChI=1S/C13H16ClN3/c14-13-7-12(4-1-9(13)8-15)17-11-5-2-10(16)3-6-11/h1,4,7,10-11,17H,2-3,5-6,16H2. The zero-order valence-electron chi connectivity index (χ0n) is 9.62. The van der Waals surface area contributed by atoms with Gasteiger partial charge in [0, 0.05) is 17.8 Å². The molecule has 3 N–H and O–H groups in total. The maximum atomic E-state index is 8.79. The Bertz CT molecular complexity index is 431. The average Bonchev–Trinajstić information content (AvgIpc) is 2.32. The first kappa shape index (κ1) is 12.2. The molecule has 90 valence electrons. The minimum Gasteiger partial charge on any atom is -0.382 e. The van der Waals surface area contributed by atoms with Crippen molar-refractivity contribution >= 4 is 17.3 Å². The largest absolute Gasteiger partial charge is 0.382 e. The van der Waals surface area contributed by atoms with Crippen molar-refractivity contribution in [1.29, 1.82) is 5.26 Å². The zero-order valence-corrected chi connectivity index (χ0v) is 10.4. The molecule has 0 aliphatic heterocycles. The number of anilines is 1. The summed E-state index contributed by atoms with van der Waals surface area (Å²) in [4.78, 5) is 0. The van der Waals surface area contributed by atoms with Crippen molar-refractivity contribution in [1.82, 2.24) is 0 Å². The van der Waals surface area contributed by atoms with E-state index in [4.69, 9.17) is 22.6 Å². The van der Waals surface area contributed by atoms with Crippen LogP contribution in [0.15, 0.2) is 18.2 Å². The first-order valence-electron chi connectivity index (χ1n) is 5.91. The predicted molar refractivity (Wildman–Crippen MR) is 70.0 cm³/mol. The fraction of sp³-hybridized carbons (Fsp3) is 0.462. The number of rotatable bonds is 2. The Morgan fingerprint density at radius 3 is 2.59 bits per heavy atom. The molecule has 0 aromatic heterocycles. The molecule has 2 rings (SSSR count). The van der Waals surface area contributed by atoms with Gasteiger partial charge in [0.05, 0.1) is 10.6 Å².